The molecule has 0 aromatic carbocycles. The molecule has 1 spiro atoms. The van der Waals surface area contributed by atoms with Gasteiger partial charge < -0.3 is 19.9 Å². The van der Waals surface area contributed by atoms with Crippen LogP contribution in [0.5, 0.6) is 0 Å². The van der Waals surface area contributed by atoms with E-state index >= 15 is 0 Å². The van der Waals surface area contributed by atoms with Gasteiger partial charge in [-0.15, -0.1) is 0 Å². The Morgan fingerprint density at radius 2 is 2.22 bits per heavy atom. The van der Waals surface area contributed by atoms with Crippen LogP contribution >= 0.6 is 0 Å². The Bertz CT molecular complexity index is 545. The first-order valence-corrected chi connectivity index (χ1v) is 8.87. The van der Waals surface area contributed by atoms with Crippen LogP contribution < -0.4 is 10.6 Å². The zero-order chi connectivity index (χ0) is 16.3. The number of aliphatic imine (C=N–C) groups is 1. The minimum atomic E-state index is 0.334. The molecule has 3 rings (SSSR count). The largest absolute Gasteiger partial charge is 0.378 e. The van der Waals surface area contributed by atoms with Crippen LogP contribution in [-0.4, -0.2) is 36.3 Å². The highest BCUT2D eigenvalue weighted by atomic mass is 16.5. The summed E-state index contributed by atoms with van der Waals surface area (Å²) in [7, 11) is 3.89. The number of aryl methyl sites for hydroxylation is 1. The fourth-order valence-corrected chi connectivity index (χ4v) is 4.30. The molecule has 2 fully saturated rings. The van der Waals surface area contributed by atoms with Crippen molar-refractivity contribution in [2.45, 2.75) is 57.7 Å². The van der Waals surface area contributed by atoms with E-state index in [0.29, 0.717) is 17.6 Å². The molecule has 2 atom stereocenters. The lowest BCUT2D eigenvalue weighted by Gasteiger charge is -2.54. The second-order valence-corrected chi connectivity index (χ2v) is 6.93. The second-order valence-electron chi connectivity index (χ2n) is 6.93. The Morgan fingerprint density at radius 3 is 2.83 bits per heavy atom. The number of guanidine groups is 1. The van der Waals surface area contributed by atoms with E-state index in [2.05, 4.69) is 45.6 Å². The summed E-state index contributed by atoms with van der Waals surface area (Å²) in [6.07, 6.45) is 11.0. The van der Waals surface area contributed by atoms with Crippen molar-refractivity contribution in [2.75, 3.05) is 13.7 Å². The molecule has 0 amide bonds. The fraction of sp³-hybridized carbons (Fsp3) is 0.722. The zero-order valence-electron chi connectivity index (χ0n) is 14.6. The maximum atomic E-state index is 5.99. The molecular formula is C18H30N4O. The standard InChI is InChI=1S/C18H30N4O/c1-4-23-16-11-15(18(16)8-5-6-9-18)21-17(19-2)20-12-14-7-10-22(3)13-14/h7,10,13,15-16H,4-6,8-9,11-12H2,1-3H3,(H2,19,20,21). The molecule has 2 unspecified atom stereocenters. The normalized spacial score (nSPS) is 26.3. The summed E-state index contributed by atoms with van der Waals surface area (Å²) in [6, 6.07) is 2.62. The number of nitrogens with one attached hydrogen (secondary N) is 2. The van der Waals surface area contributed by atoms with Crippen LogP contribution in [0.3, 0.4) is 0 Å². The summed E-state index contributed by atoms with van der Waals surface area (Å²) in [6.45, 7) is 3.72. The highest BCUT2D eigenvalue weighted by molar-refractivity contribution is 5.80. The maximum Gasteiger partial charge on any atom is 0.191 e. The SMILES string of the molecule is CCOC1CC(NC(=NC)NCc2ccn(C)c2)C12CCCC2. The predicted molar refractivity (Wildman–Crippen MR) is 93.5 cm³/mol. The van der Waals surface area contributed by atoms with Crippen LogP contribution in [0, 0.1) is 5.41 Å². The van der Waals surface area contributed by atoms with E-state index in [1.54, 1.807) is 0 Å². The van der Waals surface area contributed by atoms with Gasteiger partial charge in [0.25, 0.3) is 0 Å². The minimum Gasteiger partial charge on any atom is -0.378 e. The molecule has 5 nitrogen and oxygen atoms in total. The molecule has 5 heteroatoms. The fourth-order valence-electron chi connectivity index (χ4n) is 4.30. The van der Waals surface area contributed by atoms with Crippen LogP contribution in [0.15, 0.2) is 23.5 Å². The van der Waals surface area contributed by atoms with Crippen molar-refractivity contribution in [3.05, 3.63) is 24.0 Å². The number of hydrogen-bond donors (Lipinski definition) is 2. The summed E-state index contributed by atoms with van der Waals surface area (Å²) in [4.78, 5) is 4.40. The monoisotopic (exact) mass is 318 g/mol. The third-order valence-electron chi connectivity index (χ3n) is 5.58. The molecule has 0 aliphatic heterocycles. The summed E-state index contributed by atoms with van der Waals surface area (Å²) in [5, 5.41) is 7.09. The van der Waals surface area contributed by atoms with Crippen LogP contribution in [0.25, 0.3) is 0 Å². The molecule has 0 bridgehead atoms. The Labute approximate surface area is 139 Å². The Hall–Kier alpha value is -1.49. The highest BCUT2D eigenvalue weighted by Gasteiger charge is 2.56. The molecular weight excluding hydrogens is 288 g/mol. The number of nitrogens with zero attached hydrogens (tertiary/aromatic N) is 2. The van der Waals surface area contributed by atoms with E-state index in [1.165, 1.54) is 31.2 Å². The Balaban J connectivity index is 1.56. The van der Waals surface area contributed by atoms with E-state index in [0.717, 1.165) is 25.5 Å². The molecule has 0 saturated heterocycles. The molecule has 2 aliphatic rings. The molecule has 0 radical (unpaired) electrons. The Morgan fingerprint density at radius 1 is 1.43 bits per heavy atom. The molecule has 128 valence electrons. The van der Waals surface area contributed by atoms with E-state index in [4.69, 9.17) is 4.74 Å². The molecule has 1 aromatic rings. The van der Waals surface area contributed by atoms with Crippen LogP contribution in [0.2, 0.25) is 0 Å². The summed E-state index contributed by atoms with van der Waals surface area (Å²) in [5.74, 6) is 0.903. The first-order valence-electron chi connectivity index (χ1n) is 8.87. The van der Waals surface area contributed by atoms with Crippen molar-refractivity contribution in [1.29, 1.82) is 0 Å². The summed E-state index contributed by atoms with van der Waals surface area (Å²) >= 11 is 0. The lowest BCUT2D eigenvalue weighted by atomic mass is 9.60. The van der Waals surface area contributed by atoms with Crippen molar-refractivity contribution in [3.63, 3.8) is 0 Å². The smallest absolute Gasteiger partial charge is 0.191 e. The third kappa shape index (κ3) is 3.25. The number of ether oxygens (including phenoxy) is 1. The third-order valence-corrected chi connectivity index (χ3v) is 5.58. The molecule has 23 heavy (non-hydrogen) atoms. The zero-order valence-corrected chi connectivity index (χ0v) is 14.6. The van der Waals surface area contributed by atoms with Crippen molar-refractivity contribution in [2.24, 2.45) is 17.5 Å². The molecule has 1 aromatic heterocycles. The van der Waals surface area contributed by atoms with Gasteiger partial charge in [-0.05, 0) is 37.8 Å². The topological polar surface area (TPSA) is 50.6 Å². The second kappa shape index (κ2) is 6.95. The van der Waals surface area contributed by atoms with Crippen molar-refractivity contribution < 1.29 is 4.74 Å². The van der Waals surface area contributed by atoms with Gasteiger partial charge in [0.2, 0.25) is 0 Å². The van der Waals surface area contributed by atoms with E-state index < -0.39 is 0 Å². The van der Waals surface area contributed by atoms with Gasteiger partial charge in [-0.1, -0.05) is 12.8 Å². The van der Waals surface area contributed by atoms with Crippen molar-refractivity contribution in [1.82, 2.24) is 15.2 Å². The number of aromatic nitrogens is 1. The quantitative estimate of drug-likeness (QED) is 0.647. The summed E-state index contributed by atoms with van der Waals surface area (Å²) < 4.78 is 8.06. The van der Waals surface area contributed by atoms with Gasteiger partial charge >= 0.3 is 0 Å². The number of hydrogen-bond acceptors (Lipinski definition) is 2. The van der Waals surface area contributed by atoms with Gasteiger partial charge in [0.05, 0.1) is 6.10 Å². The lowest BCUT2D eigenvalue weighted by molar-refractivity contribution is -0.125. The molecule has 2 N–H and O–H groups in total. The van der Waals surface area contributed by atoms with Gasteiger partial charge in [0, 0.05) is 51.1 Å². The molecule has 2 saturated carbocycles. The molecule has 1 heterocycles. The van der Waals surface area contributed by atoms with E-state index in [-0.39, 0.29) is 0 Å². The van der Waals surface area contributed by atoms with Gasteiger partial charge in [-0.25, -0.2) is 0 Å². The molecule has 2 aliphatic carbocycles. The minimum absolute atomic E-state index is 0.334. The van der Waals surface area contributed by atoms with Gasteiger partial charge in [0.15, 0.2) is 5.96 Å². The average Bonchev–Trinajstić information content (AvgIpc) is 3.20. The maximum absolute atomic E-state index is 5.99. The lowest BCUT2D eigenvalue weighted by Crippen LogP contribution is -2.65. The van der Waals surface area contributed by atoms with Gasteiger partial charge in [0.1, 0.15) is 0 Å². The summed E-state index contributed by atoms with van der Waals surface area (Å²) in [5.41, 5.74) is 1.60. The Kier molecular flexibility index (Phi) is 4.95. The van der Waals surface area contributed by atoms with Crippen molar-refractivity contribution in [3.8, 4) is 0 Å². The first kappa shape index (κ1) is 16.4. The predicted octanol–water partition coefficient (Wildman–Crippen LogP) is 2.43. The number of rotatable bonds is 5. The van der Waals surface area contributed by atoms with Crippen LogP contribution in [0.4, 0.5) is 0 Å². The van der Waals surface area contributed by atoms with Crippen molar-refractivity contribution >= 4 is 5.96 Å². The van der Waals surface area contributed by atoms with Crippen LogP contribution in [-0.2, 0) is 18.3 Å². The van der Waals surface area contributed by atoms with Crippen LogP contribution in [0.1, 0.15) is 44.6 Å². The van der Waals surface area contributed by atoms with E-state index in [9.17, 15) is 0 Å². The highest BCUT2D eigenvalue weighted by Crippen LogP contribution is 2.54. The van der Waals surface area contributed by atoms with E-state index in [1.807, 2.05) is 14.1 Å². The first-order chi connectivity index (χ1) is 11.2. The average molecular weight is 318 g/mol. The van der Waals surface area contributed by atoms with Gasteiger partial charge in [-0.2, -0.15) is 0 Å². The van der Waals surface area contributed by atoms with Gasteiger partial charge in [-0.3, -0.25) is 4.99 Å².